The van der Waals surface area contributed by atoms with E-state index >= 15 is 0 Å². The van der Waals surface area contributed by atoms with Crippen molar-refractivity contribution >= 4 is 28.6 Å². The molecule has 0 bridgehead atoms. The number of rotatable bonds is 8. The fourth-order valence-electron chi connectivity index (χ4n) is 3.12. The molecular weight excluding hydrogens is 356 g/mol. The number of H-pyrrole nitrogens is 1. The lowest BCUT2D eigenvalue weighted by Gasteiger charge is -2.16. The molecule has 1 heterocycles. The first-order valence-electron chi connectivity index (χ1n) is 9.09. The topological polar surface area (TPSA) is 88.3 Å². The number of carbonyl (C=O) groups excluding carboxylic acids is 3. The molecule has 1 unspecified atom stereocenters. The largest absolute Gasteiger partial charge is 0.467 e. The van der Waals surface area contributed by atoms with Crippen LogP contribution in [0.1, 0.15) is 28.8 Å². The van der Waals surface area contributed by atoms with Gasteiger partial charge in [-0.25, -0.2) is 4.79 Å². The van der Waals surface area contributed by atoms with E-state index in [1.807, 2.05) is 36.5 Å². The summed E-state index contributed by atoms with van der Waals surface area (Å²) in [6, 6.07) is 15.7. The fourth-order valence-corrected chi connectivity index (χ4v) is 3.12. The minimum Gasteiger partial charge on any atom is -0.467 e. The molecule has 0 fully saturated rings. The van der Waals surface area contributed by atoms with Gasteiger partial charge in [0.1, 0.15) is 6.04 Å². The molecule has 28 heavy (non-hydrogen) atoms. The smallest absolute Gasteiger partial charge is 0.328 e. The Labute approximate surface area is 162 Å². The van der Waals surface area contributed by atoms with Crippen LogP contribution < -0.4 is 5.32 Å². The summed E-state index contributed by atoms with van der Waals surface area (Å²) in [5, 5.41) is 3.69. The number of ketones is 1. The van der Waals surface area contributed by atoms with Crippen LogP contribution in [-0.4, -0.2) is 35.8 Å². The van der Waals surface area contributed by atoms with Crippen molar-refractivity contribution in [1.82, 2.24) is 10.3 Å². The minimum atomic E-state index is -0.816. The van der Waals surface area contributed by atoms with Gasteiger partial charge >= 0.3 is 5.97 Å². The predicted molar refractivity (Wildman–Crippen MR) is 106 cm³/mol. The summed E-state index contributed by atoms with van der Waals surface area (Å²) in [4.78, 5) is 39.8. The molecule has 6 nitrogen and oxygen atoms in total. The zero-order chi connectivity index (χ0) is 19.9. The number of benzene rings is 2. The molecule has 6 heteroatoms. The number of aromatic nitrogens is 1. The SMILES string of the molecule is COC(=O)C(Cc1c[nH]c2ccccc12)NC(=O)CCC(=O)c1ccccc1. The highest BCUT2D eigenvalue weighted by Crippen LogP contribution is 2.19. The number of fused-ring (bicyclic) bond motifs is 1. The highest BCUT2D eigenvalue weighted by atomic mass is 16.5. The number of esters is 1. The van der Waals surface area contributed by atoms with Gasteiger partial charge < -0.3 is 15.0 Å². The van der Waals surface area contributed by atoms with Crippen LogP contribution in [0, 0.1) is 0 Å². The van der Waals surface area contributed by atoms with Crippen molar-refractivity contribution in [3.05, 3.63) is 71.9 Å². The van der Waals surface area contributed by atoms with E-state index < -0.39 is 12.0 Å². The number of carbonyl (C=O) groups is 3. The van der Waals surface area contributed by atoms with Crippen LogP contribution in [0.4, 0.5) is 0 Å². The van der Waals surface area contributed by atoms with Gasteiger partial charge in [0.25, 0.3) is 0 Å². The van der Waals surface area contributed by atoms with E-state index in [4.69, 9.17) is 4.74 Å². The number of para-hydroxylation sites is 1. The van der Waals surface area contributed by atoms with Gasteiger partial charge in [0.15, 0.2) is 5.78 Å². The Morgan fingerprint density at radius 2 is 1.71 bits per heavy atom. The molecule has 0 aliphatic heterocycles. The van der Waals surface area contributed by atoms with Crippen molar-refractivity contribution in [3.8, 4) is 0 Å². The van der Waals surface area contributed by atoms with Gasteiger partial charge in [-0.2, -0.15) is 0 Å². The summed E-state index contributed by atoms with van der Waals surface area (Å²) in [5.41, 5.74) is 2.44. The lowest BCUT2D eigenvalue weighted by molar-refractivity contribution is -0.145. The van der Waals surface area contributed by atoms with Crippen LogP contribution in [0.2, 0.25) is 0 Å². The number of nitrogens with one attached hydrogen (secondary N) is 2. The van der Waals surface area contributed by atoms with Crippen LogP contribution in [0.15, 0.2) is 60.8 Å². The maximum Gasteiger partial charge on any atom is 0.328 e. The summed E-state index contributed by atoms with van der Waals surface area (Å²) in [6.45, 7) is 0. The molecule has 2 N–H and O–H groups in total. The van der Waals surface area contributed by atoms with Crippen LogP contribution in [0.3, 0.4) is 0 Å². The Bertz CT molecular complexity index is 978. The van der Waals surface area contributed by atoms with Crippen molar-refractivity contribution in [2.45, 2.75) is 25.3 Å². The number of aromatic amines is 1. The molecule has 1 aromatic heterocycles. The Morgan fingerprint density at radius 1 is 1.00 bits per heavy atom. The molecule has 3 aromatic rings. The molecule has 0 aliphatic carbocycles. The molecule has 0 spiro atoms. The zero-order valence-electron chi connectivity index (χ0n) is 15.6. The number of hydrogen-bond donors (Lipinski definition) is 2. The summed E-state index contributed by atoms with van der Waals surface area (Å²) in [7, 11) is 1.29. The van der Waals surface area contributed by atoms with Crippen LogP contribution in [0.25, 0.3) is 10.9 Å². The maximum absolute atomic E-state index is 12.3. The highest BCUT2D eigenvalue weighted by molar-refractivity contribution is 5.98. The monoisotopic (exact) mass is 378 g/mol. The lowest BCUT2D eigenvalue weighted by atomic mass is 10.0. The number of hydrogen-bond acceptors (Lipinski definition) is 4. The first-order chi connectivity index (χ1) is 13.6. The molecule has 3 rings (SSSR count). The highest BCUT2D eigenvalue weighted by Gasteiger charge is 2.23. The first-order valence-corrected chi connectivity index (χ1v) is 9.09. The van der Waals surface area contributed by atoms with Crippen LogP contribution in [-0.2, 0) is 20.7 Å². The van der Waals surface area contributed by atoms with Gasteiger partial charge in [0, 0.05) is 41.9 Å². The Kier molecular flexibility index (Phi) is 6.22. The quantitative estimate of drug-likeness (QED) is 0.466. The third kappa shape index (κ3) is 4.65. The van der Waals surface area contributed by atoms with Gasteiger partial charge in [-0.1, -0.05) is 48.5 Å². The molecule has 1 amide bonds. The lowest BCUT2D eigenvalue weighted by Crippen LogP contribution is -2.43. The van der Waals surface area contributed by atoms with Gasteiger partial charge in [0.2, 0.25) is 5.91 Å². The van der Waals surface area contributed by atoms with Gasteiger partial charge in [-0.05, 0) is 11.6 Å². The van der Waals surface area contributed by atoms with Gasteiger partial charge in [-0.15, -0.1) is 0 Å². The predicted octanol–water partition coefficient (Wildman–Crippen LogP) is 3.03. The van der Waals surface area contributed by atoms with E-state index in [0.717, 1.165) is 16.5 Å². The van der Waals surface area contributed by atoms with E-state index in [9.17, 15) is 14.4 Å². The zero-order valence-corrected chi connectivity index (χ0v) is 15.6. The molecule has 1 atom stereocenters. The molecule has 2 aromatic carbocycles. The van der Waals surface area contributed by atoms with Crippen molar-refractivity contribution in [2.75, 3.05) is 7.11 Å². The average molecular weight is 378 g/mol. The van der Waals surface area contributed by atoms with Crippen LogP contribution >= 0.6 is 0 Å². The third-order valence-corrected chi connectivity index (χ3v) is 4.59. The summed E-state index contributed by atoms with van der Waals surface area (Å²) < 4.78 is 4.84. The summed E-state index contributed by atoms with van der Waals surface area (Å²) in [5.74, 6) is -0.991. The second-order valence-corrected chi connectivity index (χ2v) is 6.50. The van der Waals surface area contributed by atoms with Crippen molar-refractivity contribution in [1.29, 1.82) is 0 Å². The fraction of sp³-hybridized carbons (Fsp3) is 0.227. The first kappa shape index (κ1) is 19.4. The number of Topliss-reactive ketones (excluding diaryl/α,β-unsaturated/α-hetero) is 1. The standard InChI is InChI=1S/C22H22N2O4/c1-28-22(27)19(13-16-14-23-18-10-6-5-9-17(16)18)24-21(26)12-11-20(25)15-7-3-2-4-8-15/h2-10,14,19,23H,11-13H2,1H3,(H,24,26). The van der Waals surface area contributed by atoms with Crippen molar-refractivity contribution in [2.24, 2.45) is 0 Å². The van der Waals surface area contributed by atoms with E-state index in [1.54, 1.807) is 24.3 Å². The summed E-state index contributed by atoms with van der Waals surface area (Å²) in [6.07, 6.45) is 2.21. The minimum absolute atomic E-state index is 0.00903. The molecule has 0 radical (unpaired) electrons. The second kappa shape index (κ2) is 8.99. The van der Waals surface area contributed by atoms with E-state index in [1.165, 1.54) is 7.11 Å². The Morgan fingerprint density at radius 3 is 2.46 bits per heavy atom. The number of methoxy groups -OCH3 is 1. The van der Waals surface area contributed by atoms with Gasteiger partial charge in [-0.3, -0.25) is 9.59 Å². The van der Waals surface area contributed by atoms with Crippen molar-refractivity contribution in [3.63, 3.8) is 0 Å². The Hall–Kier alpha value is -3.41. The average Bonchev–Trinajstić information content (AvgIpc) is 3.14. The summed E-state index contributed by atoms with van der Waals surface area (Å²) >= 11 is 0. The van der Waals surface area contributed by atoms with E-state index in [2.05, 4.69) is 10.3 Å². The van der Waals surface area contributed by atoms with E-state index in [0.29, 0.717) is 12.0 Å². The molecule has 0 saturated heterocycles. The number of ether oxygens (including phenoxy) is 1. The molecular formula is C22H22N2O4. The van der Waals surface area contributed by atoms with Crippen LogP contribution in [0.5, 0.6) is 0 Å². The van der Waals surface area contributed by atoms with E-state index in [-0.39, 0.29) is 24.5 Å². The van der Waals surface area contributed by atoms with Crippen molar-refractivity contribution < 1.29 is 19.1 Å². The molecule has 0 aliphatic rings. The normalized spacial score (nSPS) is 11.8. The number of amides is 1. The second-order valence-electron chi connectivity index (χ2n) is 6.50. The Balaban J connectivity index is 1.63. The maximum atomic E-state index is 12.3. The molecule has 144 valence electrons. The van der Waals surface area contributed by atoms with Gasteiger partial charge in [0.05, 0.1) is 7.11 Å². The molecule has 0 saturated carbocycles. The third-order valence-electron chi connectivity index (χ3n) is 4.59.